The molecule has 0 unspecified atom stereocenters. The SMILES string of the molecule is CCCCN(CCO)Cc1cc(N)cc(OC)c1. The first kappa shape index (κ1) is 14.8. The van der Waals surface area contributed by atoms with E-state index in [2.05, 4.69) is 11.8 Å². The summed E-state index contributed by atoms with van der Waals surface area (Å²) >= 11 is 0. The number of unbranched alkanes of at least 4 members (excludes halogenated alkanes) is 1. The molecule has 0 spiro atoms. The van der Waals surface area contributed by atoms with E-state index in [1.54, 1.807) is 7.11 Å². The molecule has 1 aromatic carbocycles. The third-order valence-electron chi connectivity index (χ3n) is 2.87. The van der Waals surface area contributed by atoms with Gasteiger partial charge in [-0.05, 0) is 30.7 Å². The first-order chi connectivity index (χ1) is 8.69. The van der Waals surface area contributed by atoms with Crippen LogP contribution in [0, 0.1) is 0 Å². The molecule has 0 heterocycles. The lowest BCUT2D eigenvalue weighted by atomic mass is 10.1. The number of nitrogens with zero attached hydrogens (tertiary/aromatic N) is 1. The third-order valence-corrected chi connectivity index (χ3v) is 2.87. The fourth-order valence-electron chi connectivity index (χ4n) is 1.95. The third kappa shape index (κ3) is 4.94. The van der Waals surface area contributed by atoms with E-state index in [0.29, 0.717) is 12.2 Å². The summed E-state index contributed by atoms with van der Waals surface area (Å²) in [6.45, 7) is 4.83. The molecule has 18 heavy (non-hydrogen) atoms. The summed E-state index contributed by atoms with van der Waals surface area (Å²) in [7, 11) is 1.64. The predicted molar refractivity (Wildman–Crippen MR) is 74.7 cm³/mol. The summed E-state index contributed by atoms with van der Waals surface area (Å²) in [5, 5.41) is 9.08. The van der Waals surface area contributed by atoms with Gasteiger partial charge in [-0.3, -0.25) is 4.90 Å². The monoisotopic (exact) mass is 252 g/mol. The van der Waals surface area contributed by atoms with Crippen molar-refractivity contribution >= 4 is 5.69 Å². The van der Waals surface area contributed by atoms with Crippen molar-refractivity contribution in [1.29, 1.82) is 0 Å². The highest BCUT2D eigenvalue weighted by Crippen LogP contribution is 2.19. The molecule has 0 aliphatic carbocycles. The zero-order valence-corrected chi connectivity index (χ0v) is 11.4. The maximum atomic E-state index is 9.08. The van der Waals surface area contributed by atoms with E-state index in [4.69, 9.17) is 15.6 Å². The van der Waals surface area contributed by atoms with Crippen LogP contribution in [0.4, 0.5) is 5.69 Å². The lowest BCUT2D eigenvalue weighted by Gasteiger charge is -2.21. The van der Waals surface area contributed by atoms with Gasteiger partial charge < -0.3 is 15.6 Å². The first-order valence-corrected chi connectivity index (χ1v) is 6.46. The van der Waals surface area contributed by atoms with Gasteiger partial charge in [-0.1, -0.05) is 13.3 Å². The Bertz CT molecular complexity index is 356. The number of ether oxygens (including phenoxy) is 1. The molecule has 0 saturated heterocycles. The van der Waals surface area contributed by atoms with E-state index < -0.39 is 0 Å². The smallest absolute Gasteiger partial charge is 0.121 e. The van der Waals surface area contributed by atoms with Crippen LogP contribution in [-0.2, 0) is 6.54 Å². The summed E-state index contributed by atoms with van der Waals surface area (Å²) in [4.78, 5) is 2.23. The van der Waals surface area contributed by atoms with Crippen LogP contribution >= 0.6 is 0 Å². The minimum Gasteiger partial charge on any atom is -0.497 e. The second-order valence-electron chi connectivity index (χ2n) is 4.47. The van der Waals surface area contributed by atoms with Crippen molar-refractivity contribution in [3.63, 3.8) is 0 Å². The number of aliphatic hydroxyl groups is 1. The Morgan fingerprint density at radius 3 is 2.67 bits per heavy atom. The van der Waals surface area contributed by atoms with E-state index in [9.17, 15) is 0 Å². The summed E-state index contributed by atoms with van der Waals surface area (Å²) in [5.74, 6) is 0.782. The van der Waals surface area contributed by atoms with E-state index in [-0.39, 0.29) is 6.61 Å². The summed E-state index contributed by atoms with van der Waals surface area (Å²) < 4.78 is 5.21. The van der Waals surface area contributed by atoms with Crippen molar-refractivity contribution in [2.75, 3.05) is 32.5 Å². The minimum atomic E-state index is 0.184. The summed E-state index contributed by atoms with van der Waals surface area (Å²) in [6.07, 6.45) is 2.29. The standard InChI is InChI=1S/C14H24N2O2/c1-3-4-5-16(6-7-17)11-12-8-13(15)10-14(9-12)18-2/h8-10,17H,3-7,11,15H2,1-2H3. The zero-order valence-electron chi connectivity index (χ0n) is 11.4. The maximum Gasteiger partial charge on any atom is 0.121 e. The number of nitrogen functional groups attached to an aromatic ring is 1. The zero-order chi connectivity index (χ0) is 13.4. The van der Waals surface area contributed by atoms with Crippen LogP contribution in [0.1, 0.15) is 25.3 Å². The molecule has 4 nitrogen and oxygen atoms in total. The first-order valence-electron chi connectivity index (χ1n) is 6.46. The number of anilines is 1. The highest BCUT2D eigenvalue weighted by molar-refractivity contribution is 5.47. The van der Waals surface area contributed by atoms with Gasteiger partial charge in [-0.25, -0.2) is 0 Å². The average Bonchev–Trinajstić information content (AvgIpc) is 2.35. The Kier molecular flexibility index (Phi) is 6.54. The molecule has 0 aromatic heterocycles. The number of nitrogens with two attached hydrogens (primary N) is 1. The van der Waals surface area contributed by atoms with Crippen LogP contribution in [0.25, 0.3) is 0 Å². The molecule has 4 heteroatoms. The van der Waals surface area contributed by atoms with Gasteiger partial charge in [-0.2, -0.15) is 0 Å². The molecule has 1 rings (SSSR count). The van der Waals surface area contributed by atoms with Crippen LogP contribution in [-0.4, -0.2) is 36.8 Å². The van der Waals surface area contributed by atoms with E-state index >= 15 is 0 Å². The maximum absolute atomic E-state index is 9.08. The molecule has 0 atom stereocenters. The Hall–Kier alpha value is -1.26. The molecule has 0 aliphatic rings. The molecule has 102 valence electrons. The van der Waals surface area contributed by atoms with E-state index in [1.807, 2.05) is 18.2 Å². The Balaban J connectivity index is 2.69. The lowest BCUT2D eigenvalue weighted by Crippen LogP contribution is -2.27. The quantitative estimate of drug-likeness (QED) is 0.693. The summed E-state index contributed by atoms with van der Waals surface area (Å²) in [5.41, 5.74) is 7.67. The minimum absolute atomic E-state index is 0.184. The number of aliphatic hydroxyl groups excluding tert-OH is 1. The van der Waals surface area contributed by atoms with Crippen molar-refractivity contribution < 1.29 is 9.84 Å². The van der Waals surface area contributed by atoms with Gasteiger partial charge in [0.25, 0.3) is 0 Å². The van der Waals surface area contributed by atoms with Gasteiger partial charge in [0.05, 0.1) is 13.7 Å². The fourth-order valence-corrected chi connectivity index (χ4v) is 1.95. The van der Waals surface area contributed by atoms with E-state index in [0.717, 1.165) is 37.2 Å². The number of hydrogen-bond acceptors (Lipinski definition) is 4. The van der Waals surface area contributed by atoms with Gasteiger partial charge in [-0.15, -0.1) is 0 Å². The number of methoxy groups -OCH3 is 1. The topological polar surface area (TPSA) is 58.7 Å². The molecule has 3 N–H and O–H groups in total. The van der Waals surface area contributed by atoms with Crippen LogP contribution < -0.4 is 10.5 Å². The van der Waals surface area contributed by atoms with E-state index in [1.165, 1.54) is 0 Å². The molecule has 0 aliphatic heterocycles. The van der Waals surface area contributed by atoms with Gasteiger partial charge >= 0.3 is 0 Å². The van der Waals surface area contributed by atoms with Crippen LogP contribution in [0.15, 0.2) is 18.2 Å². The molecule has 0 amide bonds. The van der Waals surface area contributed by atoms with Crippen molar-refractivity contribution in [2.24, 2.45) is 0 Å². The molecule has 0 fully saturated rings. The fraction of sp³-hybridized carbons (Fsp3) is 0.571. The molecule has 0 bridgehead atoms. The molecule has 0 saturated carbocycles. The number of hydrogen-bond donors (Lipinski definition) is 2. The van der Waals surface area contributed by atoms with Crippen molar-refractivity contribution in [1.82, 2.24) is 4.90 Å². The van der Waals surface area contributed by atoms with Crippen molar-refractivity contribution in [3.8, 4) is 5.75 Å². The van der Waals surface area contributed by atoms with Crippen LogP contribution in [0.3, 0.4) is 0 Å². The molecule has 0 radical (unpaired) electrons. The second kappa shape index (κ2) is 7.95. The highest BCUT2D eigenvalue weighted by Gasteiger charge is 2.06. The Morgan fingerprint density at radius 1 is 1.28 bits per heavy atom. The largest absolute Gasteiger partial charge is 0.497 e. The van der Waals surface area contributed by atoms with Gasteiger partial charge in [0.2, 0.25) is 0 Å². The Morgan fingerprint density at radius 2 is 2.06 bits per heavy atom. The molecular weight excluding hydrogens is 228 g/mol. The van der Waals surface area contributed by atoms with Gasteiger partial charge in [0.1, 0.15) is 5.75 Å². The highest BCUT2D eigenvalue weighted by atomic mass is 16.5. The average molecular weight is 252 g/mol. The lowest BCUT2D eigenvalue weighted by molar-refractivity contribution is 0.188. The van der Waals surface area contributed by atoms with Crippen molar-refractivity contribution in [3.05, 3.63) is 23.8 Å². The van der Waals surface area contributed by atoms with Crippen molar-refractivity contribution in [2.45, 2.75) is 26.3 Å². The number of benzene rings is 1. The van der Waals surface area contributed by atoms with Gasteiger partial charge in [0.15, 0.2) is 0 Å². The Labute approximate surface area is 109 Å². The normalized spacial score (nSPS) is 10.9. The van der Waals surface area contributed by atoms with Gasteiger partial charge in [0, 0.05) is 24.8 Å². The van der Waals surface area contributed by atoms with Crippen LogP contribution in [0.5, 0.6) is 5.75 Å². The summed E-state index contributed by atoms with van der Waals surface area (Å²) in [6, 6.07) is 5.76. The molecular formula is C14H24N2O2. The number of rotatable bonds is 8. The predicted octanol–water partition coefficient (Wildman–Crippen LogP) is 1.87. The molecule has 1 aromatic rings. The second-order valence-corrected chi connectivity index (χ2v) is 4.47. The van der Waals surface area contributed by atoms with Crippen LogP contribution in [0.2, 0.25) is 0 Å².